The smallest absolute Gasteiger partial charge is 0.236 e. The van der Waals surface area contributed by atoms with E-state index in [9.17, 15) is 19.6 Å². The van der Waals surface area contributed by atoms with Crippen LogP contribution in [0.1, 0.15) is 49.1 Å². The first-order chi connectivity index (χ1) is 23.2. The molecule has 2 saturated heterocycles. The third kappa shape index (κ3) is 5.67. The van der Waals surface area contributed by atoms with E-state index in [0.29, 0.717) is 77.4 Å². The number of carbonyl (C=O) groups excluding carboxylic acids is 1. The highest BCUT2D eigenvalue weighted by Gasteiger charge is 2.53. The van der Waals surface area contributed by atoms with Gasteiger partial charge in [-0.2, -0.15) is 5.26 Å². The fourth-order valence-corrected chi connectivity index (χ4v) is 8.54. The summed E-state index contributed by atoms with van der Waals surface area (Å²) in [7, 11) is 0. The van der Waals surface area contributed by atoms with E-state index < -0.39 is 0 Å². The third-order valence-electron chi connectivity index (χ3n) is 10.4. The summed E-state index contributed by atoms with van der Waals surface area (Å²) >= 11 is 1.27. The van der Waals surface area contributed by atoms with Crippen LogP contribution in [0.2, 0.25) is 0 Å². The van der Waals surface area contributed by atoms with Crippen molar-refractivity contribution >= 4 is 44.7 Å². The molecular formula is C36H37F2N7O2S. The van der Waals surface area contributed by atoms with Crippen molar-refractivity contribution in [2.45, 2.75) is 44.6 Å². The normalized spacial score (nSPS) is 19.3. The zero-order valence-electron chi connectivity index (χ0n) is 26.8. The molecule has 9 nitrogen and oxygen atoms in total. The van der Waals surface area contributed by atoms with Crippen LogP contribution in [0, 0.1) is 28.4 Å². The quantitative estimate of drug-likeness (QED) is 0.257. The van der Waals surface area contributed by atoms with Crippen molar-refractivity contribution in [2.75, 3.05) is 62.2 Å². The number of likely N-dealkylation sites (tertiary alicyclic amines) is 1. The molecule has 2 aromatic heterocycles. The molecule has 12 heteroatoms. The number of anilines is 3. The topological polar surface area (TPSA) is 99.8 Å². The monoisotopic (exact) mass is 669 g/mol. The number of carbonyl (C=O) groups is 1. The first-order valence-electron chi connectivity index (χ1n) is 16.7. The molecule has 2 aliphatic heterocycles. The van der Waals surface area contributed by atoms with E-state index in [0.717, 1.165) is 55.8 Å². The number of benzene rings is 2. The summed E-state index contributed by atoms with van der Waals surface area (Å²) in [6.45, 7) is 7.11. The predicted molar refractivity (Wildman–Crippen MR) is 181 cm³/mol. The van der Waals surface area contributed by atoms with E-state index in [1.165, 1.54) is 23.5 Å². The summed E-state index contributed by atoms with van der Waals surface area (Å²) in [5, 5.41) is 20.9. The molecule has 0 radical (unpaired) electrons. The van der Waals surface area contributed by atoms with Gasteiger partial charge >= 0.3 is 0 Å². The van der Waals surface area contributed by atoms with E-state index in [2.05, 4.69) is 15.9 Å². The van der Waals surface area contributed by atoms with Gasteiger partial charge in [-0.1, -0.05) is 11.3 Å². The zero-order chi connectivity index (χ0) is 33.2. The van der Waals surface area contributed by atoms with Gasteiger partial charge in [0.05, 0.1) is 18.3 Å². The zero-order valence-corrected chi connectivity index (χ0v) is 27.6. The Labute approximate surface area is 282 Å². The van der Waals surface area contributed by atoms with E-state index in [1.54, 1.807) is 18.2 Å². The van der Waals surface area contributed by atoms with Crippen LogP contribution in [-0.4, -0.2) is 89.2 Å². The molecule has 1 N–H and O–H groups in total. The molecule has 1 amide bonds. The molecule has 0 unspecified atom stereocenters. The number of hydrogen-bond acceptors (Lipinski definition) is 9. The van der Waals surface area contributed by atoms with E-state index in [1.807, 2.05) is 28.9 Å². The average Bonchev–Trinajstić information content (AvgIpc) is 3.82. The minimum absolute atomic E-state index is 0.137. The fourth-order valence-electron chi connectivity index (χ4n) is 7.57. The number of nitrogens with zero attached hydrogens (tertiary/aromatic N) is 7. The summed E-state index contributed by atoms with van der Waals surface area (Å²) in [6.07, 6.45) is 3.42. The van der Waals surface area contributed by atoms with Crippen molar-refractivity contribution in [3.8, 4) is 17.3 Å². The molecule has 2 saturated carbocycles. The summed E-state index contributed by atoms with van der Waals surface area (Å²) in [6, 6.07) is 13.8. The van der Waals surface area contributed by atoms with Crippen molar-refractivity contribution in [3.63, 3.8) is 0 Å². The lowest BCUT2D eigenvalue weighted by Crippen LogP contribution is -2.66. The van der Waals surface area contributed by atoms with Gasteiger partial charge in [0.25, 0.3) is 0 Å². The van der Waals surface area contributed by atoms with Crippen LogP contribution in [0.15, 0.2) is 42.5 Å². The second-order valence-corrected chi connectivity index (χ2v) is 14.8. The number of aromatic nitrogens is 2. The number of thiazole rings is 1. The van der Waals surface area contributed by atoms with Gasteiger partial charge in [-0.05, 0) is 75.1 Å². The minimum Gasteiger partial charge on any atom is -0.393 e. The summed E-state index contributed by atoms with van der Waals surface area (Å²) in [4.78, 5) is 31.3. The van der Waals surface area contributed by atoms with Gasteiger partial charge in [0.2, 0.25) is 5.91 Å². The molecule has 4 aliphatic rings. The van der Waals surface area contributed by atoms with Crippen LogP contribution in [0.25, 0.3) is 22.2 Å². The SMILES string of the molecule is CCN(c1nc(-c2ccc(F)cc2)c(C#N)s1)c1cc(C2CC2)nc2c(F)cc(N3CCN(CC(=O)N4CC5(CC(O)C5)C4)CC3)cc12. The van der Waals surface area contributed by atoms with Crippen molar-refractivity contribution in [1.29, 1.82) is 5.26 Å². The Hall–Kier alpha value is -4.18. The lowest BCUT2D eigenvalue weighted by molar-refractivity contribution is -0.163. The largest absolute Gasteiger partial charge is 0.393 e. The number of fused-ring (bicyclic) bond motifs is 1. The van der Waals surface area contributed by atoms with Gasteiger partial charge in [-0.25, -0.2) is 18.7 Å². The van der Waals surface area contributed by atoms with Crippen LogP contribution in [0.5, 0.6) is 0 Å². The van der Waals surface area contributed by atoms with E-state index in [-0.39, 0.29) is 29.1 Å². The average molecular weight is 670 g/mol. The van der Waals surface area contributed by atoms with Crippen LogP contribution in [0.4, 0.5) is 25.3 Å². The van der Waals surface area contributed by atoms with Crippen LogP contribution in [-0.2, 0) is 4.79 Å². The Bertz CT molecular complexity index is 1920. The Balaban J connectivity index is 1.05. The van der Waals surface area contributed by atoms with Crippen molar-refractivity contribution in [2.24, 2.45) is 5.41 Å². The van der Waals surface area contributed by atoms with Gasteiger partial charge in [0.1, 0.15) is 28.0 Å². The van der Waals surface area contributed by atoms with Gasteiger partial charge in [0, 0.05) is 79.5 Å². The second-order valence-electron chi connectivity index (χ2n) is 13.8. The maximum Gasteiger partial charge on any atom is 0.236 e. The highest BCUT2D eigenvalue weighted by Crippen LogP contribution is 2.48. The number of amides is 1. The van der Waals surface area contributed by atoms with Gasteiger partial charge in [-0.3, -0.25) is 9.69 Å². The summed E-state index contributed by atoms with van der Waals surface area (Å²) in [5.74, 6) is -0.304. The van der Waals surface area contributed by atoms with Crippen LogP contribution < -0.4 is 9.80 Å². The standard InChI is InChI=1S/C36H37F2N7O2S/c1-2-45(35-41-33(31(18-39)48-35)23-5-7-24(37)8-6-23)30-15-29(22-3-4-22)40-34-27(30)13-25(14-28(34)38)43-11-9-42(10-12-43)19-32(47)44-20-36(21-44)16-26(46)17-36/h5-8,13-15,22,26,46H,2-4,9-12,16-17,19-21H2,1H3. The number of piperazine rings is 1. The number of pyridine rings is 1. The molecule has 2 aliphatic carbocycles. The number of rotatable bonds is 8. The van der Waals surface area contributed by atoms with Crippen molar-refractivity contribution in [3.05, 3.63) is 64.7 Å². The Morgan fingerprint density at radius 2 is 1.81 bits per heavy atom. The van der Waals surface area contributed by atoms with Gasteiger partial charge in [-0.15, -0.1) is 0 Å². The van der Waals surface area contributed by atoms with E-state index in [4.69, 9.17) is 9.97 Å². The highest BCUT2D eigenvalue weighted by atomic mass is 32.1. The molecular weight excluding hydrogens is 633 g/mol. The maximum atomic E-state index is 16.0. The highest BCUT2D eigenvalue weighted by molar-refractivity contribution is 7.16. The molecule has 4 fully saturated rings. The number of hydrogen-bond donors (Lipinski definition) is 1. The van der Waals surface area contributed by atoms with Gasteiger partial charge in [0.15, 0.2) is 10.9 Å². The van der Waals surface area contributed by atoms with E-state index >= 15 is 4.39 Å². The molecule has 248 valence electrons. The molecule has 0 bridgehead atoms. The van der Waals surface area contributed by atoms with Gasteiger partial charge < -0.3 is 19.8 Å². The number of aliphatic hydroxyl groups is 1. The van der Waals surface area contributed by atoms with Crippen molar-refractivity contribution < 1.29 is 18.7 Å². The molecule has 8 rings (SSSR count). The van der Waals surface area contributed by atoms with Crippen LogP contribution in [0.3, 0.4) is 0 Å². The first kappa shape index (κ1) is 31.1. The predicted octanol–water partition coefficient (Wildman–Crippen LogP) is 5.65. The lowest BCUT2D eigenvalue weighted by atomic mass is 9.62. The number of nitriles is 1. The summed E-state index contributed by atoms with van der Waals surface area (Å²) < 4.78 is 29.7. The third-order valence-corrected chi connectivity index (χ3v) is 11.3. The molecule has 0 atom stereocenters. The molecule has 2 aromatic carbocycles. The number of halogens is 2. The Morgan fingerprint density at radius 3 is 2.46 bits per heavy atom. The van der Waals surface area contributed by atoms with Crippen molar-refractivity contribution in [1.82, 2.24) is 19.8 Å². The maximum absolute atomic E-state index is 16.0. The molecule has 48 heavy (non-hydrogen) atoms. The Kier molecular flexibility index (Phi) is 7.81. The molecule has 1 spiro atoms. The first-order valence-corrected chi connectivity index (χ1v) is 17.6. The molecule has 4 heterocycles. The van der Waals surface area contributed by atoms with Crippen LogP contribution >= 0.6 is 11.3 Å². The second kappa shape index (κ2) is 12.1. The number of aliphatic hydroxyl groups excluding tert-OH is 1. The summed E-state index contributed by atoms with van der Waals surface area (Å²) in [5.41, 5.74) is 4.05. The molecule has 4 aromatic rings. The Morgan fingerprint density at radius 1 is 1.08 bits per heavy atom. The minimum atomic E-state index is -0.378. The fraction of sp³-hybridized carbons (Fsp3) is 0.444. The lowest BCUT2D eigenvalue weighted by Gasteiger charge is -2.58.